The molecule has 0 saturated carbocycles. The van der Waals surface area contributed by atoms with Crippen LogP contribution in [0.1, 0.15) is 24.1 Å². The fourth-order valence-corrected chi connectivity index (χ4v) is 2.08. The van der Waals surface area contributed by atoms with Gasteiger partial charge in [0.25, 0.3) is 0 Å². The number of aryl methyl sites for hydroxylation is 1. The van der Waals surface area contributed by atoms with Gasteiger partial charge >= 0.3 is 0 Å². The second-order valence-corrected chi connectivity index (χ2v) is 4.55. The van der Waals surface area contributed by atoms with Gasteiger partial charge in [-0.25, -0.2) is 13.2 Å². The maximum atomic E-state index is 13.3. The molecule has 6 heteroatoms. The molecule has 3 nitrogen and oxygen atoms in total. The predicted molar refractivity (Wildman–Crippen MR) is 69.7 cm³/mol. The molecule has 0 aliphatic heterocycles. The summed E-state index contributed by atoms with van der Waals surface area (Å²) in [5, 5.41) is 7.12. The molecular formula is C14H16F3N3. The first-order chi connectivity index (χ1) is 9.55. The second kappa shape index (κ2) is 6.09. The smallest absolute Gasteiger partial charge is 0.194 e. The molecular weight excluding hydrogens is 267 g/mol. The lowest BCUT2D eigenvalue weighted by molar-refractivity contribution is 0.441. The van der Waals surface area contributed by atoms with Crippen LogP contribution in [0.3, 0.4) is 0 Å². The Morgan fingerprint density at radius 2 is 1.90 bits per heavy atom. The molecule has 0 saturated heterocycles. The molecule has 1 heterocycles. The van der Waals surface area contributed by atoms with Crippen LogP contribution in [0, 0.1) is 17.5 Å². The van der Waals surface area contributed by atoms with Crippen molar-refractivity contribution in [2.24, 2.45) is 0 Å². The molecule has 1 unspecified atom stereocenters. The molecule has 2 aromatic rings. The third-order valence-corrected chi connectivity index (χ3v) is 3.21. The third kappa shape index (κ3) is 3.01. The van der Waals surface area contributed by atoms with E-state index in [1.807, 2.05) is 13.1 Å². The highest BCUT2D eigenvalue weighted by atomic mass is 19.2. The van der Waals surface area contributed by atoms with Gasteiger partial charge in [0.2, 0.25) is 0 Å². The summed E-state index contributed by atoms with van der Waals surface area (Å²) in [6.07, 6.45) is 4.10. The van der Waals surface area contributed by atoms with Gasteiger partial charge in [-0.3, -0.25) is 4.68 Å². The molecule has 0 aliphatic rings. The number of hydrogen-bond donors (Lipinski definition) is 1. The maximum absolute atomic E-state index is 13.3. The lowest BCUT2D eigenvalue weighted by Gasteiger charge is -2.16. The van der Waals surface area contributed by atoms with E-state index >= 15 is 0 Å². The van der Waals surface area contributed by atoms with Crippen molar-refractivity contribution in [3.63, 3.8) is 0 Å². The van der Waals surface area contributed by atoms with Crippen LogP contribution >= 0.6 is 0 Å². The van der Waals surface area contributed by atoms with Crippen LogP contribution in [0.15, 0.2) is 24.5 Å². The third-order valence-electron chi connectivity index (χ3n) is 3.21. The van der Waals surface area contributed by atoms with Crippen LogP contribution in [0.5, 0.6) is 0 Å². The number of nitrogens with one attached hydrogen (secondary N) is 1. The summed E-state index contributed by atoms with van der Waals surface area (Å²) in [7, 11) is 1.69. The van der Waals surface area contributed by atoms with Gasteiger partial charge in [-0.05, 0) is 43.7 Å². The van der Waals surface area contributed by atoms with Gasteiger partial charge < -0.3 is 5.32 Å². The number of aromatic nitrogens is 2. The van der Waals surface area contributed by atoms with E-state index in [9.17, 15) is 13.2 Å². The van der Waals surface area contributed by atoms with E-state index < -0.39 is 17.5 Å². The van der Waals surface area contributed by atoms with E-state index in [2.05, 4.69) is 10.4 Å². The number of rotatable bonds is 5. The van der Waals surface area contributed by atoms with E-state index in [-0.39, 0.29) is 6.04 Å². The number of benzene rings is 1. The molecule has 1 aromatic carbocycles. The molecule has 1 N–H and O–H groups in total. The van der Waals surface area contributed by atoms with Gasteiger partial charge in [0, 0.05) is 18.8 Å². The highest BCUT2D eigenvalue weighted by Gasteiger charge is 2.17. The normalized spacial score (nSPS) is 12.7. The Kier molecular flexibility index (Phi) is 4.44. The summed E-state index contributed by atoms with van der Waals surface area (Å²) in [5.74, 6) is -3.79. The van der Waals surface area contributed by atoms with Gasteiger partial charge in [0.05, 0.1) is 6.20 Å². The zero-order chi connectivity index (χ0) is 14.7. The van der Waals surface area contributed by atoms with Crippen LogP contribution < -0.4 is 5.32 Å². The zero-order valence-corrected chi connectivity index (χ0v) is 11.3. The molecule has 0 spiro atoms. The molecule has 0 radical (unpaired) electrons. The Morgan fingerprint density at radius 3 is 2.40 bits per heavy atom. The lowest BCUT2D eigenvalue weighted by atomic mass is 10.0. The van der Waals surface area contributed by atoms with E-state index in [1.165, 1.54) is 0 Å². The van der Waals surface area contributed by atoms with Gasteiger partial charge in [0.1, 0.15) is 0 Å². The summed E-state index contributed by atoms with van der Waals surface area (Å²) in [5.41, 5.74) is 1.31. The van der Waals surface area contributed by atoms with E-state index in [1.54, 1.807) is 17.9 Å². The van der Waals surface area contributed by atoms with Crippen molar-refractivity contribution in [1.82, 2.24) is 15.1 Å². The average Bonchev–Trinajstić information content (AvgIpc) is 2.89. The van der Waals surface area contributed by atoms with Gasteiger partial charge in [-0.15, -0.1) is 0 Å². The lowest BCUT2D eigenvalue weighted by Crippen LogP contribution is -2.19. The van der Waals surface area contributed by atoms with Crippen molar-refractivity contribution in [2.75, 3.05) is 7.05 Å². The molecule has 1 aromatic heterocycles. The van der Waals surface area contributed by atoms with Crippen LogP contribution in [0.25, 0.3) is 0 Å². The first-order valence-corrected chi connectivity index (χ1v) is 6.38. The van der Waals surface area contributed by atoms with Crippen molar-refractivity contribution in [3.05, 3.63) is 53.1 Å². The van der Waals surface area contributed by atoms with Crippen LogP contribution in [0.2, 0.25) is 0 Å². The first kappa shape index (κ1) is 14.6. The average molecular weight is 283 g/mol. The van der Waals surface area contributed by atoms with Gasteiger partial charge in [0.15, 0.2) is 17.5 Å². The summed E-state index contributed by atoms with van der Waals surface area (Å²) in [6.45, 7) is 2.72. The number of likely N-dealkylation sites (N-methyl/N-ethyl adjacent to an activating group) is 1. The van der Waals surface area contributed by atoms with E-state index in [0.29, 0.717) is 12.0 Å². The van der Waals surface area contributed by atoms with E-state index in [0.717, 1.165) is 24.2 Å². The fourth-order valence-electron chi connectivity index (χ4n) is 2.08. The Morgan fingerprint density at radius 1 is 1.25 bits per heavy atom. The predicted octanol–water partition coefficient (Wildman–Crippen LogP) is 2.82. The molecule has 20 heavy (non-hydrogen) atoms. The SMILES string of the molecule is CCn1cc(CC(NC)c2cc(F)c(F)c(F)c2)cn1. The van der Waals surface area contributed by atoms with Gasteiger partial charge in [-0.2, -0.15) is 5.10 Å². The molecule has 0 fully saturated rings. The molecule has 2 rings (SSSR count). The van der Waals surface area contributed by atoms with Crippen molar-refractivity contribution < 1.29 is 13.2 Å². The maximum Gasteiger partial charge on any atom is 0.194 e. The molecule has 0 bridgehead atoms. The quantitative estimate of drug-likeness (QED) is 0.855. The zero-order valence-electron chi connectivity index (χ0n) is 11.3. The van der Waals surface area contributed by atoms with E-state index in [4.69, 9.17) is 0 Å². The van der Waals surface area contributed by atoms with Crippen LogP contribution in [0.4, 0.5) is 13.2 Å². The van der Waals surface area contributed by atoms with Crippen molar-refractivity contribution >= 4 is 0 Å². The minimum Gasteiger partial charge on any atom is -0.313 e. The van der Waals surface area contributed by atoms with Crippen LogP contribution in [-0.2, 0) is 13.0 Å². The molecule has 0 amide bonds. The largest absolute Gasteiger partial charge is 0.313 e. The van der Waals surface area contributed by atoms with Crippen molar-refractivity contribution in [2.45, 2.75) is 25.9 Å². The number of halogens is 3. The Bertz CT molecular complexity index is 572. The second-order valence-electron chi connectivity index (χ2n) is 4.55. The fraction of sp³-hybridized carbons (Fsp3) is 0.357. The number of nitrogens with zero attached hydrogens (tertiary/aromatic N) is 2. The summed E-state index contributed by atoms with van der Waals surface area (Å²) < 4.78 is 41.3. The molecule has 1 atom stereocenters. The minimum absolute atomic E-state index is 0.311. The standard InChI is InChI=1S/C14H16F3N3/c1-3-20-8-9(7-19-20)4-13(18-2)10-5-11(15)14(17)12(16)6-10/h5-8,13,18H,3-4H2,1-2H3. The minimum atomic E-state index is -1.44. The van der Waals surface area contributed by atoms with Crippen molar-refractivity contribution in [3.8, 4) is 0 Å². The highest BCUT2D eigenvalue weighted by molar-refractivity contribution is 5.24. The topological polar surface area (TPSA) is 29.9 Å². The summed E-state index contributed by atoms with van der Waals surface area (Å²) in [4.78, 5) is 0. The van der Waals surface area contributed by atoms with Crippen LogP contribution in [-0.4, -0.2) is 16.8 Å². The van der Waals surface area contributed by atoms with Gasteiger partial charge in [-0.1, -0.05) is 0 Å². The molecule has 0 aliphatic carbocycles. The molecule has 108 valence electrons. The number of hydrogen-bond acceptors (Lipinski definition) is 2. The Hall–Kier alpha value is -1.82. The highest BCUT2D eigenvalue weighted by Crippen LogP contribution is 2.22. The Balaban J connectivity index is 2.23. The first-order valence-electron chi connectivity index (χ1n) is 6.38. The summed E-state index contributed by atoms with van der Waals surface area (Å²) in [6, 6.07) is 1.72. The Labute approximate surface area is 115 Å². The summed E-state index contributed by atoms with van der Waals surface area (Å²) >= 11 is 0. The monoisotopic (exact) mass is 283 g/mol. The van der Waals surface area contributed by atoms with Crippen molar-refractivity contribution in [1.29, 1.82) is 0 Å².